The van der Waals surface area contributed by atoms with Crippen molar-refractivity contribution in [3.05, 3.63) is 57.8 Å². The van der Waals surface area contributed by atoms with Crippen molar-refractivity contribution in [2.75, 3.05) is 11.9 Å². The highest BCUT2D eigenvalue weighted by atomic mass is 32.1. The van der Waals surface area contributed by atoms with Crippen LogP contribution in [0, 0.1) is 13.8 Å². The van der Waals surface area contributed by atoms with E-state index in [1.807, 2.05) is 49.0 Å². The van der Waals surface area contributed by atoms with Crippen LogP contribution in [0.15, 0.2) is 36.0 Å². The number of pyridine rings is 1. The number of hydrogen-bond donors (Lipinski definition) is 1. The van der Waals surface area contributed by atoms with Gasteiger partial charge in [0.2, 0.25) is 0 Å². The molecule has 0 bridgehead atoms. The molecule has 30 heavy (non-hydrogen) atoms. The van der Waals surface area contributed by atoms with E-state index in [2.05, 4.69) is 15.3 Å². The number of nitrogens with zero attached hydrogens (tertiary/aromatic N) is 3. The normalized spacial score (nSPS) is 11.0. The molecule has 9 heteroatoms. The Labute approximate surface area is 181 Å². The predicted molar refractivity (Wildman–Crippen MR) is 119 cm³/mol. The van der Waals surface area contributed by atoms with Crippen LogP contribution in [0.2, 0.25) is 0 Å². The first-order valence-corrected chi connectivity index (χ1v) is 11.1. The molecular formula is C21H20N4O3S2. The third kappa shape index (κ3) is 3.99. The van der Waals surface area contributed by atoms with Crippen LogP contribution in [0.4, 0.5) is 5.13 Å². The van der Waals surface area contributed by atoms with Crippen LogP contribution in [-0.2, 0) is 16.0 Å². The highest BCUT2D eigenvalue weighted by molar-refractivity contribution is 7.21. The molecule has 0 saturated heterocycles. The molecule has 4 heterocycles. The van der Waals surface area contributed by atoms with E-state index in [9.17, 15) is 9.59 Å². The van der Waals surface area contributed by atoms with Gasteiger partial charge in [-0.15, -0.1) is 22.7 Å². The summed E-state index contributed by atoms with van der Waals surface area (Å²) in [7, 11) is 0. The summed E-state index contributed by atoms with van der Waals surface area (Å²) in [6, 6.07) is 5.86. The summed E-state index contributed by atoms with van der Waals surface area (Å²) in [5.74, 6) is -0.590. The molecule has 0 aliphatic rings. The summed E-state index contributed by atoms with van der Waals surface area (Å²) < 4.78 is 6.88. The van der Waals surface area contributed by atoms with Crippen molar-refractivity contribution in [3.63, 3.8) is 0 Å². The zero-order valence-electron chi connectivity index (χ0n) is 16.8. The van der Waals surface area contributed by atoms with Crippen LogP contribution >= 0.6 is 22.7 Å². The molecule has 0 fully saturated rings. The molecule has 0 radical (unpaired) electrons. The lowest BCUT2D eigenvalue weighted by Crippen LogP contribution is -2.13. The van der Waals surface area contributed by atoms with Crippen molar-refractivity contribution in [3.8, 4) is 5.69 Å². The minimum Gasteiger partial charge on any atom is -0.466 e. The average Bonchev–Trinajstić information content (AvgIpc) is 3.41. The molecule has 0 spiro atoms. The van der Waals surface area contributed by atoms with E-state index in [1.165, 1.54) is 22.7 Å². The van der Waals surface area contributed by atoms with Crippen molar-refractivity contribution >= 4 is 49.9 Å². The lowest BCUT2D eigenvalue weighted by atomic mass is 10.1. The second-order valence-electron chi connectivity index (χ2n) is 6.71. The summed E-state index contributed by atoms with van der Waals surface area (Å²) >= 11 is 2.64. The van der Waals surface area contributed by atoms with Gasteiger partial charge in [-0.3, -0.25) is 14.9 Å². The van der Waals surface area contributed by atoms with Gasteiger partial charge in [0.15, 0.2) is 5.13 Å². The lowest BCUT2D eigenvalue weighted by Gasteiger charge is -2.07. The lowest BCUT2D eigenvalue weighted by molar-refractivity contribution is -0.142. The summed E-state index contributed by atoms with van der Waals surface area (Å²) in [4.78, 5) is 35.2. The van der Waals surface area contributed by atoms with Gasteiger partial charge in [-0.1, -0.05) is 0 Å². The van der Waals surface area contributed by atoms with Gasteiger partial charge >= 0.3 is 5.97 Å². The Morgan fingerprint density at radius 2 is 1.97 bits per heavy atom. The second kappa shape index (κ2) is 8.37. The summed E-state index contributed by atoms with van der Waals surface area (Å²) in [5.41, 5.74) is 3.37. The third-order valence-electron chi connectivity index (χ3n) is 4.43. The molecule has 154 valence electrons. The van der Waals surface area contributed by atoms with Crippen LogP contribution in [0.3, 0.4) is 0 Å². The van der Waals surface area contributed by atoms with E-state index in [0.29, 0.717) is 22.3 Å². The quantitative estimate of drug-likeness (QED) is 0.446. The molecule has 1 amide bonds. The number of amides is 1. The van der Waals surface area contributed by atoms with Crippen molar-refractivity contribution in [2.24, 2.45) is 0 Å². The molecule has 4 aromatic rings. The average molecular weight is 441 g/mol. The fourth-order valence-electron chi connectivity index (χ4n) is 3.27. The maximum Gasteiger partial charge on any atom is 0.311 e. The van der Waals surface area contributed by atoms with Gasteiger partial charge in [0.25, 0.3) is 5.91 Å². The van der Waals surface area contributed by atoms with Crippen LogP contribution in [0.5, 0.6) is 0 Å². The summed E-state index contributed by atoms with van der Waals surface area (Å²) in [5, 5.41) is 6.02. The highest BCUT2D eigenvalue weighted by Crippen LogP contribution is 2.36. The van der Waals surface area contributed by atoms with E-state index < -0.39 is 0 Å². The molecule has 0 atom stereocenters. The molecule has 0 aromatic carbocycles. The maximum absolute atomic E-state index is 13.2. The fraction of sp³-hybridized carbons (Fsp3) is 0.238. The molecule has 0 aliphatic heterocycles. The Bertz CT molecular complexity index is 1220. The minimum absolute atomic E-state index is 0.0834. The minimum atomic E-state index is -0.336. The largest absolute Gasteiger partial charge is 0.466 e. The predicted octanol–water partition coefficient (Wildman–Crippen LogP) is 4.52. The maximum atomic E-state index is 13.2. The number of thiophene rings is 1. The Balaban J connectivity index is 1.67. The van der Waals surface area contributed by atoms with Crippen molar-refractivity contribution in [1.29, 1.82) is 0 Å². The molecule has 0 unspecified atom stereocenters. The van der Waals surface area contributed by atoms with Gasteiger partial charge in [0.1, 0.15) is 9.71 Å². The number of anilines is 1. The Morgan fingerprint density at radius 1 is 1.20 bits per heavy atom. The highest BCUT2D eigenvalue weighted by Gasteiger charge is 2.23. The van der Waals surface area contributed by atoms with Crippen LogP contribution in [0.25, 0.3) is 15.9 Å². The number of ether oxygens (including phenoxy) is 1. The zero-order chi connectivity index (χ0) is 21.3. The first kappa shape index (κ1) is 20.2. The number of hydrogen-bond acceptors (Lipinski definition) is 7. The van der Waals surface area contributed by atoms with Crippen LogP contribution < -0.4 is 5.32 Å². The summed E-state index contributed by atoms with van der Waals surface area (Å²) in [6.07, 6.45) is 3.91. The van der Waals surface area contributed by atoms with Gasteiger partial charge in [-0.25, -0.2) is 9.97 Å². The number of thiazole rings is 1. The SMILES string of the molecule is CCOC(=O)Cc1csc(NC(=O)c2sc3nc(C)cc(C)c3c2-n2cccc2)n1. The van der Waals surface area contributed by atoms with E-state index in [-0.39, 0.29) is 18.3 Å². The van der Waals surface area contributed by atoms with E-state index in [1.54, 1.807) is 12.3 Å². The van der Waals surface area contributed by atoms with Crippen LogP contribution in [0.1, 0.15) is 33.5 Å². The van der Waals surface area contributed by atoms with E-state index >= 15 is 0 Å². The monoisotopic (exact) mass is 440 g/mol. The molecule has 4 aromatic heterocycles. The fourth-order valence-corrected chi connectivity index (χ4v) is 5.16. The number of fused-ring (bicyclic) bond motifs is 1. The Hall–Kier alpha value is -3.04. The van der Waals surface area contributed by atoms with Crippen LogP contribution in [-0.4, -0.2) is 33.0 Å². The van der Waals surface area contributed by atoms with Gasteiger partial charge in [0, 0.05) is 28.9 Å². The van der Waals surface area contributed by atoms with E-state index in [4.69, 9.17) is 4.74 Å². The molecule has 4 rings (SSSR count). The number of aromatic nitrogens is 3. The Kier molecular flexibility index (Phi) is 5.65. The van der Waals surface area contributed by atoms with Gasteiger partial charge in [-0.05, 0) is 44.5 Å². The number of esters is 1. The third-order valence-corrected chi connectivity index (χ3v) is 6.31. The topological polar surface area (TPSA) is 86.1 Å². The number of aryl methyl sites for hydroxylation is 2. The summed E-state index contributed by atoms with van der Waals surface area (Å²) in [6.45, 7) is 6.06. The Morgan fingerprint density at radius 3 is 2.70 bits per heavy atom. The number of carbonyl (C=O) groups is 2. The first-order valence-electron chi connectivity index (χ1n) is 9.41. The van der Waals surface area contributed by atoms with E-state index in [0.717, 1.165) is 27.2 Å². The molecule has 1 N–H and O–H groups in total. The molecule has 0 aliphatic carbocycles. The standard InChI is InChI=1S/C21H20N4O3S2/c1-4-28-15(26)10-14-11-29-21(23-14)24-19(27)18-17(25-7-5-6-8-25)16-12(2)9-13(3)22-20(16)30-18/h5-9,11H,4,10H2,1-3H3,(H,23,24,27). The van der Waals surface area contributed by atoms with Crippen molar-refractivity contribution in [1.82, 2.24) is 14.5 Å². The molecule has 7 nitrogen and oxygen atoms in total. The van der Waals surface area contributed by atoms with Gasteiger partial charge < -0.3 is 9.30 Å². The zero-order valence-corrected chi connectivity index (χ0v) is 18.4. The smallest absolute Gasteiger partial charge is 0.311 e. The van der Waals surface area contributed by atoms with Crippen molar-refractivity contribution in [2.45, 2.75) is 27.2 Å². The number of nitrogens with one attached hydrogen (secondary N) is 1. The van der Waals surface area contributed by atoms with Gasteiger partial charge in [0.05, 0.1) is 24.4 Å². The molecule has 0 saturated carbocycles. The first-order chi connectivity index (χ1) is 14.5. The number of carbonyl (C=O) groups excluding carboxylic acids is 2. The van der Waals surface area contributed by atoms with Gasteiger partial charge in [-0.2, -0.15) is 0 Å². The van der Waals surface area contributed by atoms with Crippen molar-refractivity contribution < 1.29 is 14.3 Å². The second-order valence-corrected chi connectivity index (χ2v) is 8.57. The molecular weight excluding hydrogens is 420 g/mol. The number of rotatable bonds is 6.